The molecule has 0 saturated heterocycles. The topological polar surface area (TPSA) is 155 Å². The zero-order valence-electron chi connectivity index (χ0n) is 54.6. The summed E-state index contributed by atoms with van der Waals surface area (Å²) in [7, 11) is -4.76. The van der Waals surface area contributed by atoms with Crippen LogP contribution in [0.15, 0.2) is 60.8 Å². The van der Waals surface area contributed by atoms with Gasteiger partial charge in [-0.1, -0.05) is 300 Å². The van der Waals surface area contributed by atoms with Crippen LogP contribution in [0.2, 0.25) is 0 Å². The van der Waals surface area contributed by atoms with Crippen molar-refractivity contribution in [2.24, 2.45) is 0 Å². The second-order valence-corrected chi connectivity index (χ2v) is 25.1. The van der Waals surface area contributed by atoms with Gasteiger partial charge in [-0.3, -0.25) is 23.4 Å². The molecule has 0 aliphatic rings. The molecule has 0 rings (SSSR count). The molecule has 0 saturated carbocycles. The number of phosphoric ester groups is 1. The van der Waals surface area contributed by atoms with Gasteiger partial charge in [-0.05, 0) is 83.5 Å². The first kappa shape index (κ1) is 81.2. The molecule has 0 aromatic heterocycles. The van der Waals surface area contributed by atoms with Crippen LogP contribution in [-0.4, -0.2) is 66.5 Å². The molecule has 2 N–H and O–H groups in total. The van der Waals surface area contributed by atoms with E-state index in [0.29, 0.717) is 19.3 Å². The SMILES string of the molecule is CC/C=C\C/C=C\C/C=C\C/C=C\CCCCCCCCC(=O)OC(COC(=O)CCCCCCCCCCC/C=C\CCCCCCCC)COP(=O)(O)OCC(CO)OC(=O)CCCCCCCCCCCCCCCCCCCCC. The maximum Gasteiger partial charge on any atom is 0.472 e. The van der Waals surface area contributed by atoms with Crippen LogP contribution < -0.4 is 0 Å². The molecular weight excluding hydrogens is 1070 g/mol. The van der Waals surface area contributed by atoms with Crippen LogP contribution in [-0.2, 0) is 42.2 Å². The summed E-state index contributed by atoms with van der Waals surface area (Å²) in [6.07, 6.45) is 76.0. The van der Waals surface area contributed by atoms with E-state index in [1.165, 1.54) is 180 Å². The molecule has 0 aromatic rings. The van der Waals surface area contributed by atoms with Gasteiger partial charge in [-0.15, -0.1) is 0 Å². The lowest BCUT2D eigenvalue weighted by molar-refractivity contribution is -0.161. The normalized spacial score (nSPS) is 13.5. The number of rotatable bonds is 66. The number of hydrogen-bond donors (Lipinski definition) is 2. The zero-order valence-corrected chi connectivity index (χ0v) is 55.5. The Morgan fingerprint density at radius 2 is 0.619 bits per heavy atom. The van der Waals surface area contributed by atoms with Crippen LogP contribution in [0.4, 0.5) is 0 Å². The average molecular weight is 1200 g/mol. The van der Waals surface area contributed by atoms with Gasteiger partial charge in [0, 0.05) is 19.3 Å². The molecule has 11 nitrogen and oxygen atoms in total. The molecule has 84 heavy (non-hydrogen) atoms. The van der Waals surface area contributed by atoms with Gasteiger partial charge >= 0.3 is 25.7 Å². The van der Waals surface area contributed by atoms with E-state index in [2.05, 4.69) is 81.5 Å². The van der Waals surface area contributed by atoms with Crippen molar-refractivity contribution in [3.63, 3.8) is 0 Å². The lowest BCUT2D eigenvalue weighted by Gasteiger charge is -2.21. The zero-order chi connectivity index (χ0) is 61.2. The number of hydrogen-bond acceptors (Lipinski definition) is 10. The van der Waals surface area contributed by atoms with Crippen molar-refractivity contribution in [2.45, 2.75) is 354 Å². The summed E-state index contributed by atoms with van der Waals surface area (Å²) in [6.45, 7) is 4.59. The highest BCUT2D eigenvalue weighted by Crippen LogP contribution is 2.43. The number of phosphoric acid groups is 1. The number of esters is 3. The molecule has 0 aliphatic carbocycles. The van der Waals surface area contributed by atoms with Gasteiger partial charge in [-0.2, -0.15) is 0 Å². The highest BCUT2D eigenvalue weighted by Gasteiger charge is 2.28. The highest BCUT2D eigenvalue weighted by molar-refractivity contribution is 7.47. The molecule has 0 radical (unpaired) electrons. The van der Waals surface area contributed by atoms with E-state index in [0.717, 1.165) is 103 Å². The van der Waals surface area contributed by atoms with Crippen LogP contribution in [0.3, 0.4) is 0 Å². The molecule has 0 fully saturated rings. The molecule has 3 unspecified atom stereocenters. The van der Waals surface area contributed by atoms with E-state index in [1.807, 2.05) is 0 Å². The van der Waals surface area contributed by atoms with Crippen LogP contribution >= 0.6 is 7.82 Å². The maximum atomic E-state index is 13.0. The fraction of sp³-hybridized carbons (Fsp3) is 0.819. The fourth-order valence-electron chi connectivity index (χ4n) is 10.1. The van der Waals surface area contributed by atoms with E-state index in [4.69, 9.17) is 23.3 Å². The Morgan fingerprint density at radius 3 is 0.964 bits per heavy atom. The van der Waals surface area contributed by atoms with Crippen LogP contribution in [0.5, 0.6) is 0 Å². The summed E-state index contributed by atoms with van der Waals surface area (Å²) >= 11 is 0. The first-order chi connectivity index (χ1) is 41.2. The van der Waals surface area contributed by atoms with E-state index >= 15 is 0 Å². The third kappa shape index (κ3) is 63.7. The van der Waals surface area contributed by atoms with E-state index in [-0.39, 0.29) is 25.9 Å². The average Bonchev–Trinajstić information content (AvgIpc) is 3.53. The monoisotopic (exact) mass is 1200 g/mol. The largest absolute Gasteiger partial charge is 0.472 e. The Labute approximate surface area is 516 Å². The number of allylic oxidation sites excluding steroid dienone is 10. The van der Waals surface area contributed by atoms with Crippen molar-refractivity contribution < 1.29 is 52.2 Å². The molecule has 490 valence electrons. The van der Waals surface area contributed by atoms with Gasteiger partial charge in [0.2, 0.25) is 0 Å². The summed E-state index contributed by atoms with van der Waals surface area (Å²) in [6, 6.07) is 0. The number of ether oxygens (including phenoxy) is 3. The Hall–Kier alpha value is -2.82. The van der Waals surface area contributed by atoms with Crippen molar-refractivity contribution in [1.29, 1.82) is 0 Å². The van der Waals surface area contributed by atoms with Gasteiger partial charge in [0.1, 0.15) is 12.7 Å². The summed E-state index contributed by atoms with van der Waals surface area (Å²) in [5, 5.41) is 9.89. The first-order valence-corrected chi connectivity index (χ1v) is 36.7. The summed E-state index contributed by atoms with van der Waals surface area (Å²) in [5.74, 6) is -1.46. The maximum absolute atomic E-state index is 13.0. The van der Waals surface area contributed by atoms with Crippen molar-refractivity contribution in [3.8, 4) is 0 Å². The van der Waals surface area contributed by atoms with Gasteiger partial charge in [0.15, 0.2) is 6.10 Å². The number of aliphatic hydroxyl groups excluding tert-OH is 1. The van der Waals surface area contributed by atoms with Crippen molar-refractivity contribution in [2.75, 3.05) is 26.4 Å². The van der Waals surface area contributed by atoms with Crippen molar-refractivity contribution in [3.05, 3.63) is 60.8 Å². The summed E-state index contributed by atoms with van der Waals surface area (Å²) in [4.78, 5) is 48.9. The second kappa shape index (κ2) is 66.1. The Kier molecular flexibility index (Phi) is 63.9. The molecule has 0 amide bonds. The lowest BCUT2D eigenvalue weighted by Crippen LogP contribution is -2.30. The first-order valence-electron chi connectivity index (χ1n) is 35.2. The number of carbonyl (C=O) groups excluding carboxylic acids is 3. The highest BCUT2D eigenvalue weighted by atomic mass is 31.2. The van der Waals surface area contributed by atoms with Crippen molar-refractivity contribution in [1.82, 2.24) is 0 Å². The molecule has 12 heteroatoms. The predicted molar refractivity (Wildman–Crippen MR) is 353 cm³/mol. The van der Waals surface area contributed by atoms with Crippen LogP contribution in [0, 0.1) is 0 Å². The third-order valence-electron chi connectivity index (χ3n) is 15.4. The fourth-order valence-corrected chi connectivity index (χ4v) is 10.9. The van der Waals surface area contributed by atoms with Gasteiger partial charge < -0.3 is 24.2 Å². The smallest absolute Gasteiger partial charge is 0.462 e. The Balaban J connectivity index is 4.66. The van der Waals surface area contributed by atoms with E-state index < -0.39 is 57.8 Å². The minimum atomic E-state index is -4.76. The number of unbranched alkanes of at least 4 members (excludes halogenated alkanes) is 39. The minimum absolute atomic E-state index is 0.152. The second-order valence-electron chi connectivity index (χ2n) is 23.7. The van der Waals surface area contributed by atoms with Gasteiger partial charge in [-0.25, -0.2) is 4.57 Å². The van der Waals surface area contributed by atoms with E-state index in [1.54, 1.807) is 0 Å². The molecule has 0 aliphatic heterocycles. The Bertz CT molecular complexity index is 1640. The third-order valence-corrected chi connectivity index (χ3v) is 16.4. The molecule has 0 spiro atoms. The molecule has 0 heterocycles. The standard InChI is InChI=1S/C72H131O11P/c1-4-7-10-13-16-19-22-25-28-31-34-37-40-43-46-49-52-55-58-61-70(74)79-65-69(83-72(76)63-60-57-54-51-48-45-42-39-36-33-30-27-24-21-18-15-12-9-6-3)67-81-84(77,78)80-66-68(64-73)82-71(75)62-59-56-53-50-47-44-41-38-35-32-29-26-23-20-17-14-11-8-5-2/h9,12,18,21,25,27-28,30,36,39,68-69,73H,4-8,10-11,13-17,19-20,22-24,26,29,31-35,37-38,40-67H2,1-3H3,(H,77,78)/b12-9-,21-18-,28-25-,30-27-,39-36-. The minimum Gasteiger partial charge on any atom is -0.462 e. The van der Waals surface area contributed by atoms with Crippen LogP contribution in [0.1, 0.15) is 342 Å². The molecule has 3 atom stereocenters. The molecular formula is C72H131O11P. The van der Waals surface area contributed by atoms with Crippen molar-refractivity contribution >= 4 is 25.7 Å². The summed E-state index contributed by atoms with van der Waals surface area (Å²) < 4.78 is 39.8. The number of carbonyl (C=O) groups is 3. The summed E-state index contributed by atoms with van der Waals surface area (Å²) in [5.41, 5.74) is 0. The lowest BCUT2D eigenvalue weighted by atomic mass is 10.0. The molecule has 0 aromatic carbocycles. The Morgan fingerprint density at radius 1 is 0.345 bits per heavy atom. The van der Waals surface area contributed by atoms with Crippen LogP contribution in [0.25, 0.3) is 0 Å². The number of aliphatic hydroxyl groups is 1. The molecule has 0 bridgehead atoms. The predicted octanol–water partition coefficient (Wildman–Crippen LogP) is 21.8. The quantitative estimate of drug-likeness (QED) is 0.0197. The van der Waals surface area contributed by atoms with E-state index in [9.17, 15) is 28.9 Å². The van der Waals surface area contributed by atoms with Gasteiger partial charge in [0.05, 0.1) is 19.8 Å². The van der Waals surface area contributed by atoms with Gasteiger partial charge in [0.25, 0.3) is 0 Å².